The van der Waals surface area contributed by atoms with E-state index in [0.29, 0.717) is 12.6 Å². The fourth-order valence-electron chi connectivity index (χ4n) is 2.77. The number of nitrogens with one attached hydrogen (secondary N) is 2. The van der Waals surface area contributed by atoms with E-state index < -0.39 is 0 Å². The summed E-state index contributed by atoms with van der Waals surface area (Å²) in [6, 6.07) is 13.1. The number of fused-ring (bicyclic) bond motifs is 1. The molecule has 2 aromatic rings. The van der Waals surface area contributed by atoms with Gasteiger partial charge in [0.1, 0.15) is 5.75 Å². The summed E-state index contributed by atoms with van der Waals surface area (Å²) in [5.74, 6) is 1.00. The number of halogens is 1. The second kappa shape index (κ2) is 6.93. The maximum atomic E-state index is 5.83. The van der Waals surface area contributed by atoms with Crippen LogP contribution in [-0.4, -0.2) is 26.2 Å². The number of hydrogen-bond donors (Lipinski definition) is 2. The van der Waals surface area contributed by atoms with Crippen molar-refractivity contribution in [3.63, 3.8) is 0 Å². The van der Waals surface area contributed by atoms with Gasteiger partial charge in [-0.05, 0) is 23.8 Å². The van der Waals surface area contributed by atoms with E-state index in [0.717, 1.165) is 25.4 Å². The minimum atomic E-state index is 0. The van der Waals surface area contributed by atoms with Crippen LogP contribution in [0.15, 0.2) is 36.4 Å². The monoisotopic (exact) mass is 292 g/mol. The second-order valence-corrected chi connectivity index (χ2v) is 4.84. The molecular formula is C16H21ClN2O. The molecule has 1 heterocycles. The van der Waals surface area contributed by atoms with Gasteiger partial charge in [0.15, 0.2) is 0 Å². The summed E-state index contributed by atoms with van der Waals surface area (Å²) in [5.41, 5.74) is 1.28. The first-order valence-electron chi connectivity index (χ1n) is 6.98. The van der Waals surface area contributed by atoms with E-state index in [2.05, 4.69) is 47.0 Å². The lowest BCUT2D eigenvalue weighted by atomic mass is 9.96. The molecule has 20 heavy (non-hydrogen) atoms. The molecule has 0 radical (unpaired) electrons. The average molecular weight is 293 g/mol. The van der Waals surface area contributed by atoms with Crippen LogP contribution in [0.25, 0.3) is 10.8 Å². The van der Waals surface area contributed by atoms with Gasteiger partial charge in [-0.1, -0.05) is 30.3 Å². The molecular weight excluding hydrogens is 272 g/mol. The SMILES string of the molecule is CCOc1ccc2ccccc2c1[C@H]1CNCCN1.Cl. The number of benzene rings is 2. The van der Waals surface area contributed by atoms with Crippen molar-refractivity contribution in [3.05, 3.63) is 42.0 Å². The quantitative estimate of drug-likeness (QED) is 0.913. The normalized spacial score (nSPS) is 18.6. The molecule has 0 amide bonds. The Morgan fingerprint density at radius 1 is 1.15 bits per heavy atom. The van der Waals surface area contributed by atoms with Crippen LogP contribution in [0, 0.1) is 0 Å². The highest BCUT2D eigenvalue weighted by molar-refractivity contribution is 5.88. The Morgan fingerprint density at radius 2 is 2.00 bits per heavy atom. The fraction of sp³-hybridized carbons (Fsp3) is 0.375. The van der Waals surface area contributed by atoms with Crippen molar-refractivity contribution in [2.45, 2.75) is 13.0 Å². The Labute approximate surface area is 126 Å². The molecule has 0 bridgehead atoms. The minimum absolute atomic E-state index is 0. The lowest BCUT2D eigenvalue weighted by Crippen LogP contribution is -2.42. The average Bonchev–Trinajstić information content (AvgIpc) is 2.48. The van der Waals surface area contributed by atoms with Gasteiger partial charge < -0.3 is 15.4 Å². The van der Waals surface area contributed by atoms with Crippen LogP contribution in [0.2, 0.25) is 0 Å². The summed E-state index contributed by atoms with van der Waals surface area (Å²) in [4.78, 5) is 0. The molecule has 3 nitrogen and oxygen atoms in total. The molecule has 4 heteroatoms. The molecule has 108 valence electrons. The number of hydrogen-bond acceptors (Lipinski definition) is 3. The molecule has 2 aromatic carbocycles. The van der Waals surface area contributed by atoms with Gasteiger partial charge in [0, 0.05) is 31.2 Å². The molecule has 0 unspecified atom stereocenters. The van der Waals surface area contributed by atoms with Gasteiger partial charge in [-0.3, -0.25) is 0 Å². The van der Waals surface area contributed by atoms with Crippen molar-refractivity contribution in [3.8, 4) is 5.75 Å². The Kier molecular flexibility index (Phi) is 5.24. The largest absolute Gasteiger partial charge is 0.494 e. The lowest BCUT2D eigenvalue weighted by Gasteiger charge is -2.27. The third-order valence-corrected chi connectivity index (χ3v) is 3.62. The van der Waals surface area contributed by atoms with E-state index >= 15 is 0 Å². The van der Waals surface area contributed by atoms with Crippen LogP contribution in [0.5, 0.6) is 5.75 Å². The summed E-state index contributed by atoms with van der Waals surface area (Å²) in [6.07, 6.45) is 0. The van der Waals surface area contributed by atoms with E-state index in [1.165, 1.54) is 16.3 Å². The predicted molar refractivity (Wildman–Crippen MR) is 86.0 cm³/mol. The summed E-state index contributed by atoms with van der Waals surface area (Å²) >= 11 is 0. The summed E-state index contributed by atoms with van der Waals surface area (Å²) in [6.45, 7) is 5.72. The zero-order chi connectivity index (χ0) is 13.1. The third-order valence-electron chi connectivity index (χ3n) is 3.62. The van der Waals surface area contributed by atoms with Crippen LogP contribution in [-0.2, 0) is 0 Å². The van der Waals surface area contributed by atoms with Crippen molar-refractivity contribution in [2.24, 2.45) is 0 Å². The Balaban J connectivity index is 0.00000147. The van der Waals surface area contributed by atoms with Crippen molar-refractivity contribution in [1.82, 2.24) is 10.6 Å². The van der Waals surface area contributed by atoms with Gasteiger partial charge in [0.2, 0.25) is 0 Å². The van der Waals surface area contributed by atoms with Crippen LogP contribution in [0.3, 0.4) is 0 Å². The fourth-order valence-corrected chi connectivity index (χ4v) is 2.77. The highest BCUT2D eigenvalue weighted by Crippen LogP contribution is 2.33. The molecule has 0 spiro atoms. The van der Waals surface area contributed by atoms with Crippen LogP contribution in [0.1, 0.15) is 18.5 Å². The van der Waals surface area contributed by atoms with E-state index in [-0.39, 0.29) is 12.4 Å². The zero-order valence-electron chi connectivity index (χ0n) is 11.7. The summed E-state index contributed by atoms with van der Waals surface area (Å²) in [5, 5.41) is 9.59. The molecule has 2 N–H and O–H groups in total. The lowest BCUT2D eigenvalue weighted by molar-refractivity contribution is 0.328. The maximum absolute atomic E-state index is 5.83. The molecule has 1 atom stereocenters. The molecule has 1 saturated heterocycles. The van der Waals surface area contributed by atoms with Crippen LogP contribution >= 0.6 is 12.4 Å². The highest BCUT2D eigenvalue weighted by Gasteiger charge is 2.20. The molecule has 1 aliphatic rings. The highest BCUT2D eigenvalue weighted by atomic mass is 35.5. The molecule has 0 aromatic heterocycles. The number of ether oxygens (including phenoxy) is 1. The smallest absolute Gasteiger partial charge is 0.124 e. The molecule has 0 saturated carbocycles. The van der Waals surface area contributed by atoms with Gasteiger partial charge in [0.25, 0.3) is 0 Å². The number of rotatable bonds is 3. The number of piperazine rings is 1. The Hall–Kier alpha value is -1.29. The Bertz CT molecular complexity index is 567. The summed E-state index contributed by atoms with van der Waals surface area (Å²) in [7, 11) is 0. The molecule has 0 aliphatic carbocycles. The minimum Gasteiger partial charge on any atom is -0.494 e. The second-order valence-electron chi connectivity index (χ2n) is 4.84. The van der Waals surface area contributed by atoms with Gasteiger partial charge >= 0.3 is 0 Å². The van der Waals surface area contributed by atoms with Gasteiger partial charge in [-0.2, -0.15) is 0 Å². The molecule has 3 rings (SSSR count). The molecule has 1 aliphatic heterocycles. The van der Waals surface area contributed by atoms with Gasteiger partial charge in [-0.15, -0.1) is 12.4 Å². The maximum Gasteiger partial charge on any atom is 0.124 e. The van der Waals surface area contributed by atoms with Crippen LogP contribution in [0.4, 0.5) is 0 Å². The first-order chi connectivity index (χ1) is 9.40. The van der Waals surface area contributed by atoms with E-state index in [1.807, 2.05) is 6.92 Å². The predicted octanol–water partition coefficient (Wildman–Crippen LogP) is 2.89. The molecule has 1 fully saturated rings. The van der Waals surface area contributed by atoms with E-state index in [1.54, 1.807) is 0 Å². The van der Waals surface area contributed by atoms with E-state index in [4.69, 9.17) is 4.74 Å². The van der Waals surface area contributed by atoms with Crippen molar-refractivity contribution in [2.75, 3.05) is 26.2 Å². The third kappa shape index (κ3) is 2.90. The topological polar surface area (TPSA) is 33.3 Å². The first-order valence-corrected chi connectivity index (χ1v) is 6.98. The first kappa shape index (κ1) is 15.1. The van der Waals surface area contributed by atoms with Crippen LogP contribution < -0.4 is 15.4 Å². The van der Waals surface area contributed by atoms with Crippen molar-refractivity contribution in [1.29, 1.82) is 0 Å². The van der Waals surface area contributed by atoms with Crippen molar-refractivity contribution < 1.29 is 4.74 Å². The summed E-state index contributed by atoms with van der Waals surface area (Å²) < 4.78 is 5.83. The van der Waals surface area contributed by atoms with Gasteiger partial charge in [0.05, 0.1) is 6.61 Å². The van der Waals surface area contributed by atoms with E-state index in [9.17, 15) is 0 Å². The Morgan fingerprint density at radius 3 is 2.75 bits per heavy atom. The zero-order valence-corrected chi connectivity index (χ0v) is 12.5. The standard InChI is InChI=1S/C16H20N2O.ClH/c1-2-19-15-8-7-12-5-3-4-6-13(12)16(15)14-11-17-9-10-18-14;/h3-8,14,17-18H,2,9-11H2,1H3;1H/t14-;/m1./s1. The van der Waals surface area contributed by atoms with Gasteiger partial charge in [-0.25, -0.2) is 0 Å². The van der Waals surface area contributed by atoms with Crippen molar-refractivity contribution >= 4 is 23.2 Å².